The molecule has 2 rings (SSSR count). The molecule has 6 heteroatoms. The largest absolute Gasteiger partial charge is 0.391 e. The van der Waals surface area contributed by atoms with E-state index in [4.69, 9.17) is 15.0 Å². The minimum absolute atomic E-state index is 0.273. The lowest BCUT2D eigenvalue weighted by molar-refractivity contribution is -0.0777. The summed E-state index contributed by atoms with van der Waals surface area (Å²) in [4.78, 5) is 4.36. The second kappa shape index (κ2) is 5.98. The fourth-order valence-corrected chi connectivity index (χ4v) is 2.59. The highest BCUT2D eigenvalue weighted by Gasteiger charge is 2.39. The van der Waals surface area contributed by atoms with Crippen LogP contribution in [0.5, 0.6) is 0 Å². The van der Waals surface area contributed by atoms with Crippen molar-refractivity contribution in [2.75, 3.05) is 6.61 Å². The molecule has 0 radical (unpaired) electrons. The molecule has 1 saturated carbocycles. The first kappa shape index (κ1) is 14.4. The summed E-state index contributed by atoms with van der Waals surface area (Å²) < 4.78 is 11.1. The Labute approximate surface area is 113 Å². The van der Waals surface area contributed by atoms with E-state index in [1.807, 2.05) is 6.92 Å². The van der Waals surface area contributed by atoms with Crippen LogP contribution in [-0.2, 0) is 10.3 Å². The summed E-state index contributed by atoms with van der Waals surface area (Å²) in [6, 6.07) is -0.650. The topological polar surface area (TPSA) is 94.4 Å². The number of rotatable bonds is 5. The standard InChI is InChI=1S/C13H23N3O3/c1-3-18-13(7-5-4-6-8-13)12-15-11(19-16-12)10(14)9(2)17/h9-10,17H,3-8,14H2,1-2H3/t9-,10+/m1/s1. The number of hydrogen-bond acceptors (Lipinski definition) is 6. The van der Waals surface area contributed by atoms with E-state index in [9.17, 15) is 5.11 Å². The van der Waals surface area contributed by atoms with E-state index in [2.05, 4.69) is 10.1 Å². The summed E-state index contributed by atoms with van der Waals surface area (Å²) >= 11 is 0. The van der Waals surface area contributed by atoms with Crippen molar-refractivity contribution in [2.45, 2.75) is 63.7 Å². The Hall–Kier alpha value is -0.980. The molecular formula is C13H23N3O3. The lowest BCUT2D eigenvalue weighted by atomic mass is 9.84. The molecule has 0 aromatic carbocycles. The number of nitrogens with two attached hydrogens (primary N) is 1. The minimum Gasteiger partial charge on any atom is -0.391 e. The van der Waals surface area contributed by atoms with Crippen LogP contribution >= 0.6 is 0 Å². The maximum atomic E-state index is 9.48. The zero-order valence-electron chi connectivity index (χ0n) is 11.6. The van der Waals surface area contributed by atoms with Crippen molar-refractivity contribution >= 4 is 0 Å². The maximum absolute atomic E-state index is 9.48. The van der Waals surface area contributed by atoms with Gasteiger partial charge in [0.05, 0.1) is 6.10 Å². The molecule has 1 aromatic rings. The van der Waals surface area contributed by atoms with Gasteiger partial charge < -0.3 is 20.1 Å². The van der Waals surface area contributed by atoms with Gasteiger partial charge in [0.15, 0.2) is 0 Å². The fourth-order valence-electron chi connectivity index (χ4n) is 2.59. The van der Waals surface area contributed by atoms with Crippen LogP contribution in [0.2, 0.25) is 0 Å². The van der Waals surface area contributed by atoms with Crippen molar-refractivity contribution in [3.63, 3.8) is 0 Å². The van der Waals surface area contributed by atoms with Gasteiger partial charge in [0.25, 0.3) is 0 Å². The van der Waals surface area contributed by atoms with E-state index in [1.165, 1.54) is 6.42 Å². The van der Waals surface area contributed by atoms with E-state index in [-0.39, 0.29) is 5.89 Å². The predicted octanol–water partition coefficient (Wildman–Crippen LogP) is 1.65. The van der Waals surface area contributed by atoms with Gasteiger partial charge in [-0.15, -0.1) is 0 Å². The first-order chi connectivity index (χ1) is 9.09. The molecule has 6 nitrogen and oxygen atoms in total. The van der Waals surface area contributed by atoms with Crippen molar-refractivity contribution in [1.29, 1.82) is 0 Å². The van der Waals surface area contributed by atoms with E-state index in [0.29, 0.717) is 12.4 Å². The molecule has 0 saturated heterocycles. The van der Waals surface area contributed by atoms with Crippen molar-refractivity contribution in [3.05, 3.63) is 11.7 Å². The zero-order valence-corrected chi connectivity index (χ0v) is 11.6. The predicted molar refractivity (Wildman–Crippen MR) is 69.3 cm³/mol. The average Bonchev–Trinajstić information content (AvgIpc) is 2.89. The van der Waals surface area contributed by atoms with Crippen LogP contribution in [0.15, 0.2) is 4.52 Å². The normalized spacial score (nSPS) is 22.1. The van der Waals surface area contributed by atoms with Crippen LogP contribution in [0.1, 0.15) is 63.7 Å². The van der Waals surface area contributed by atoms with Gasteiger partial charge >= 0.3 is 0 Å². The minimum atomic E-state index is -0.720. The van der Waals surface area contributed by atoms with Crippen molar-refractivity contribution in [2.24, 2.45) is 5.73 Å². The molecule has 1 aromatic heterocycles. The molecule has 0 spiro atoms. The third-order valence-electron chi connectivity index (χ3n) is 3.74. The summed E-state index contributed by atoms with van der Waals surface area (Å²) in [6.45, 7) is 4.19. The monoisotopic (exact) mass is 269 g/mol. The smallest absolute Gasteiger partial charge is 0.246 e. The quantitative estimate of drug-likeness (QED) is 0.844. The first-order valence-electron chi connectivity index (χ1n) is 7.01. The average molecular weight is 269 g/mol. The molecule has 0 unspecified atom stereocenters. The van der Waals surface area contributed by atoms with E-state index >= 15 is 0 Å². The van der Waals surface area contributed by atoms with E-state index in [0.717, 1.165) is 25.7 Å². The summed E-state index contributed by atoms with van der Waals surface area (Å²) in [5.74, 6) is 0.842. The molecule has 0 aliphatic heterocycles. The number of aromatic nitrogens is 2. The Morgan fingerprint density at radius 2 is 2.11 bits per heavy atom. The molecule has 0 bridgehead atoms. The molecule has 1 aliphatic rings. The van der Waals surface area contributed by atoms with Crippen LogP contribution in [-0.4, -0.2) is 28.0 Å². The van der Waals surface area contributed by atoms with Gasteiger partial charge in [-0.25, -0.2) is 0 Å². The molecule has 2 atom stereocenters. The summed E-state index contributed by atoms with van der Waals surface area (Å²) in [5, 5.41) is 13.5. The lowest BCUT2D eigenvalue weighted by Crippen LogP contribution is -2.34. The molecule has 19 heavy (non-hydrogen) atoms. The highest BCUT2D eigenvalue weighted by molar-refractivity contribution is 5.05. The van der Waals surface area contributed by atoms with E-state index < -0.39 is 17.7 Å². The highest BCUT2D eigenvalue weighted by atomic mass is 16.5. The van der Waals surface area contributed by atoms with Gasteiger partial charge in [-0.1, -0.05) is 24.4 Å². The van der Waals surface area contributed by atoms with Gasteiger partial charge in [-0.3, -0.25) is 0 Å². The first-order valence-corrected chi connectivity index (χ1v) is 7.01. The number of nitrogens with zero attached hydrogens (tertiary/aromatic N) is 2. The van der Waals surface area contributed by atoms with Gasteiger partial charge in [0.2, 0.25) is 11.7 Å². The van der Waals surface area contributed by atoms with Gasteiger partial charge in [-0.2, -0.15) is 4.98 Å². The van der Waals surface area contributed by atoms with Gasteiger partial charge in [0.1, 0.15) is 11.6 Å². The number of hydrogen-bond donors (Lipinski definition) is 2. The number of ether oxygens (including phenoxy) is 1. The molecule has 3 N–H and O–H groups in total. The molecule has 1 aliphatic carbocycles. The molecule has 1 fully saturated rings. The summed E-state index contributed by atoms with van der Waals surface area (Å²) in [6.07, 6.45) is 4.52. The summed E-state index contributed by atoms with van der Waals surface area (Å²) in [5.41, 5.74) is 5.37. The maximum Gasteiger partial charge on any atom is 0.246 e. The van der Waals surface area contributed by atoms with Crippen molar-refractivity contribution < 1.29 is 14.4 Å². The summed E-state index contributed by atoms with van der Waals surface area (Å²) in [7, 11) is 0. The van der Waals surface area contributed by atoms with Crippen LogP contribution in [0, 0.1) is 0 Å². The Bertz CT molecular complexity index is 394. The molecule has 1 heterocycles. The lowest BCUT2D eigenvalue weighted by Gasteiger charge is -2.33. The van der Waals surface area contributed by atoms with Crippen LogP contribution in [0.25, 0.3) is 0 Å². The highest BCUT2D eigenvalue weighted by Crippen LogP contribution is 2.39. The van der Waals surface area contributed by atoms with Crippen LogP contribution in [0.4, 0.5) is 0 Å². The Morgan fingerprint density at radius 1 is 1.42 bits per heavy atom. The zero-order chi connectivity index (χ0) is 13.9. The number of aliphatic hydroxyl groups excluding tert-OH is 1. The van der Waals surface area contributed by atoms with E-state index in [1.54, 1.807) is 6.92 Å². The van der Waals surface area contributed by atoms with Gasteiger partial charge in [0, 0.05) is 6.61 Å². The third kappa shape index (κ3) is 2.96. The van der Waals surface area contributed by atoms with Gasteiger partial charge in [-0.05, 0) is 26.7 Å². The molecule has 108 valence electrons. The van der Waals surface area contributed by atoms with Crippen LogP contribution < -0.4 is 5.73 Å². The fraction of sp³-hybridized carbons (Fsp3) is 0.846. The second-order valence-electron chi connectivity index (χ2n) is 5.21. The Kier molecular flexibility index (Phi) is 4.54. The SMILES string of the molecule is CCOC1(c2noc([C@@H](N)[C@@H](C)O)n2)CCCCC1. The number of aliphatic hydroxyl groups is 1. The Balaban J connectivity index is 2.23. The molecule has 0 amide bonds. The molecular weight excluding hydrogens is 246 g/mol. The van der Waals surface area contributed by atoms with Crippen molar-refractivity contribution in [1.82, 2.24) is 10.1 Å². The second-order valence-corrected chi connectivity index (χ2v) is 5.21. The van der Waals surface area contributed by atoms with Crippen molar-refractivity contribution in [3.8, 4) is 0 Å². The Morgan fingerprint density at radius 3 is 2.68 bits per heavy atom. The third-order valence-corrected chi connectivity index (χ3v) is 3.74. The van der Waals surface area contributed by atoms with Crippen LogP contribution in [0.3, 0.4) is 0 Å².